The minimum absolute atomic E-state index is 0.168. The van der Waals surface area contributed by atoms with Gasteiger partial charge in [-0.2, -0.15) is 0 Å². The molecule has 6 heteroatoms. The highest BCUT2D eigenvalue weighted by atomic mass is 16.2. The van der Waals surface area contributed by atoms with E-state index in [-0.39, 0.29) is 11.4 Å². The van der Waals surface area contributed by atoms with Gasteiger partial charge in [0.15, 0.2) is 11.3 Å². The molecular weight excluding hydrogens is 314 g/mol. The molecule has 25 heavy (non-hydrogen) atoms. The van der Waals surface area contributed by atoms with Crippen molar-refractivity contribution in [3.63, 3.8) is 0 Å². The molecule has 0 aromatic carbocycles. The van der Waals surface area contributed by atoms with Crippen molar-refractivity contribution in [3.8, 4) is 11.3 Å². The van der Waals surface area contributed by atoms with E-state index in [9.17, 15) is 4.79 Å². The number of amides is 1. The van der Waals surface area contributed by atoms with Crippen LogP contribution in [0.3, 0.4) is 0 Å². The van der Waals surface area contributed by atoms with Crippen LogP contribution in [0.1, 0.15) is 42.9 Å². The number of hydrogen-bond donors (Lipinski definition) is 1. The summed E-state index contributed by atoms with van der Waals surface area (Å²) in [6.07, 6.45) is 7.46. The fourth-order valence-corrected chi connectivity index (χ4v) is 3.21. The van der Waals surface area contributed by atoms with Crippen LogP contribution in [0.25, 0.3) is 16.9 Å². The van der Waals surface area contributed by atoms with E-state index in [0.717, 1.165) is 17.0 Å². The second-order valence-electron chi connectivity index (χ2n) is 7.26. The fourth-order valence-electron chi connectivity index (χ4n) is 3.21. The molecule has 1 saturated carbocycles. The standard InChI is InChI=1S/C19H21N5O/c1-12-10-15(13-6-8-20-9-7-13)22-17-16(21-11-24(12)17)18(25)23-19(2,3)14-4-5-14/h6-11,14H,4-5H2,1-3H3,(H,23,25). The van der Waals surface area contributed by atoms with Crippen LogP contribution < -0.4 is 5.32 Å². The van der Waals surface area contributed by atoms with Gasteiger partial charge in [0.2, 0.25) is 0 Å². The molecule has 3 aromatic heterocycles. The first-order valence-corrected chi connectivity index (χ1v) is 8.53. The van der Waals surface area contributed by atoms with Crippen LogP contribution in [0, 0.1) is 12.8 Å². The van der Waals surface area contributed by atoms with Gasteiger partial charge in [0.25, 0.3) is 5.91 Å². The summed E-state index contributed by atoms with van der Waals surface area (Å²) in [5.74, 6) is 0.380. The smallest absolute Gasteiger partial charge is 0.274 e. The summed E-state index contributed by atoms with van der Waals surface area (Å²) < 4.78 is 1.85. The Hall–Kier alpha value is -2.76. The van der Waals surface area contributed by atoms with E-state index in [1.807, 2.05) is 29.5 Å². The zero-order valence-corrected chi connectivity index (χ0v) is 14.7. The third-order valence-electron chi connectivity index (χ3n) is 4.92. The number of carbonyl (C=O) groups is 1. The molecule has 0 radical (unpaired) electrons. The topological polar surface area (TPSA) is 72.2 Å². The van der Waals surface area contributed by atoms with Crippen molar-refractivity contribution >= 4 is 11.6 Å². The van der Waals surface area contributed by atoms with Gasteiger partial charge < -0.3 is 5.32 Å². The number of rotatable bonds is 4. The number of imidazole rings is 1. The third kappa shape index (κ3) is 2.88. The summed E-state index contributed by atoms with van der Waals surface area (Å²) in [6.45, 7) is 6.13. The monoisotopic (exact) mass is 335 g/mol. The molecule has 128 valence electrons. The molecule has 3 aromatic rings. The Balaban J connectivity index is 1.75. The lowest BCUT2D eigenvalue weighted by Gasteiger charge is -2.25. The zero-order valence-electron chi connectivity index (χ0n) is 14.7. The van der Waals surface area contributed by atoms with E-state index >= 15 is 0 Å². The van der Waals surface area contributed by atoms with Crippen LogP contribution in [-0.2, 0) is 0 Å². The summed E-state index contributed by atoms with van der Waals surface area (Å²) in [5.41, 5.74) is 3.48. The maximum Gasteiger partial charge on any atom is 0.274 e. The number of nitrogens with one attached hydrogen (secondary N) is 1. The molecule has 0 unspecified atom stereocenters. The van der Waals surface area contributed by atoms with Gasteiger partial charge in [-0.1, -0.05) is 0 Å². The van der Waals surface area contributed by atoms with Gasteiger partial charge in [0.1, 0.15) is 6.33 Å². The molecule has 4 rings (SSSR count). The number of aryl methyl sites for hydroxylation is 1. The average Bonchev–Trinajstić information content (AvgIpc) is 3.36. The second kappa shape index (κ2) is 5.65. The van der Waals surface area contributed by atoms with Crippen molar-refractivity contribution in [1.82, 2.24) is 24.7 Å². The van der Waals surface area contributed by atoms with Gasteiger partial charge in [-0.15, -0.1) is 0 Å². The van der Waals surface area contributed by atoms with Gasteiger partial charge >= 0.3 is 0 Å². The molecular formula is C19H21N5O. The van der Waals surface area contributed by atoms with Crippen LogP contribution in [0.4, 0.5) is 0 Å². The number of carbonyl (C=O) groups excluding carboxylic acids is 1. The minimum atomic E-state index is -0.217. The molecule has 3 heterocycles. The summed E-state index contributed by atoms with van der Waals surface area (Å²) in [6, 6.07) is 5.80. The van der Waals surface area contributed by atoms with Crippen LogP contribution >= 0.6 is 0 Å². The highest BCUT2D eigenvalue weighted by Crippen LogP contribution is 2.39. The second-order valence-corrected chi connectivity index (χ2v) is 7.26. The first-order chi connectivity index (χ1) is 12.0. The van der Waals surface area contributed by atoms with E-state index in [2.05, 4.69) is 34.1 Å². The van der Waals surface area contributed by atoms with Crippen molar-refractivity contribution in [1.29, 1.82) is 0 Å². The number of hydrogen-bond acceptors (Lipinski definition) is 4. The minimum Gasteiger partial charge on any atom is -0.345 e. The van der Waals surface area contributed by atoms with E-state index < -0.39 is 0 Å². The lowest BCUT2D eigenvalue weighted by atomic mass is 9.98. The van der Waals surface area contributed by atoms with Gasteiger partial charge in [0.05, 0.1) is 5.69 Å². The normalized spacial score (nSPS) is 14.7. The molecule has 1 aliphatic rings. The Labute approximate surface area is 146 Å². The van der Waals surface area contributed by atoms with Gasteiger partial charge in [-0.3, -0.25) is 14.2 Å². The Bertz CT molecular complexity index is 941. The van der Waals surface area contributed by atoms with Crippen LogP contribution in [0.2, 0.25) is 0 Å². The molecule has 1 amide bonds. The Morgan fingerprint density at radius 2 is 2.00 bits per heavy atom. The lowest BCUT2D eigenvalue weighted by molar-refractivity contribution is 0.0900. The zero-order chi connectivity index (χ0) is 17.6. The third-order valence-corrected chi connectivity index (χ3v) is 4.92. The lowest BCUT2D eigenvalue weighted by Crippen LogP contribution is -2.45. The predicted molar refractivity (Wildman–Crippen MR) is 95.2 cm³/mol. The number of nitrogens with zero attached hydrogens (tertiary/aromatic N) is 4. The molecule has 0 bridgehead atoms. The first-order valence-electron chi connectivity index (χ1n) is 8.53. The average molecular weight is 335 g/mol. The first kappa shape index (κ1) is 15.7. The Morgan fingerprint density at radius 3 is 2.68 bits per heavy atom. The molecule has 0 aliphatic heterocycles. The SMILES string of the molecule is Cc1cc(-c2ccncc2)nc2c(C(=O)NC(C)(C)C3CC3)ncn12. The Morgan fingerprint density at radius 1 is 1.28 bits per heavy atom. The molecule has 0 atom stereocenters. The number of pyridine rings is 1. The van der Waals surface area contributed by atoms with Crippen molar-refractivity contribution in [2.45, 2.75) is 39.2 Å². The summed E-state index contributed by atoms with van der Waals surface area (Å²) in [4.78, 5) is 25.9. The maximum absolute atomic E-state index is 12.8. The van der Waals surface area contributed by atoms with E-state index in [1.54, 1.807) is 18.7 Å². The van der Waals surface area contributed by atoms with E-state index in [0.29, 0.717) is 17.3 Å². The maximum atomic E-state index is 12.8. The molecule has 1 aliphatic carbocycles. The van der Waals surface area contributed by atoms with Gasteiger partial charge in [-0.05, 0) is 57.7 Å². The van der Waals surface area contributed by atoms with Crippen molar-refractivity contribution < 1.29 is 4.79 Å². The molecule has 0 saturated heterocycles. The highest BCUT2D eigenvalue weighted by Gasteiger charge is 2.39. The van der Waals surface area contributed by atoms with E-state index in [4.69, 9.17) is 0 Å². The van der Waals surface area contributed by atoms with Gasteiger partial charge in [-0.25, -0.2) is 9.97 Å². The van der Waals surface area contributed by atoms with Crippen LogP contribution in [-0.4, -0.2) is 30.8 Å². The summed E-state index contributed by atoms with van der Waals surface area (Å²) in [5, 5.41) is 3.13. The predicted octanol–water partition coefficient (Wildman–Crippen LogP) is 3.02. The molecule has 6 nitrogen and oxygen atoms in total. The molecule has 1 N–H and O–H groups in total. The summed E-state index contributed by atoms with van der Waals surface area (Å²) >= 11 is 0. The number of fused-ring (bicyclic) bond motifs is 1. The quantitative estimate of drug-likeness (QED) is 0.795. The summed E-state index contributed by atoms with van der Waals surface area (Å²) in [7, 11) is 0. The van der Waals surface area contributed by atoms with Crippen molar-refractivity contribution in [2.75, 3.05) is 0 Å². The largest absolute Gasteiger partial charge is 0.345 e. The molecule has 1 fully saturated rings. The van der Waals surface area contributed by atoms with Crippen molar-refractivity contribution in [2.24, 2.45) is 5.92 Å². The van der Waals surface area contributed by atoms with Crippen LogP contribution in [0.5, 0.6) is 0 Å². The number of aromatic nitrogens is 4. The fraction of sp³-hybridized carbons (Fsp3) is 0.368. The van der Waals surface area contributed by atoms with Gasteiger partial charge in [0, 0.05) is 29.2 Å². The van der Waals surface area contributed by atoms with E-state index in [1.165, 1.54) is 12.8 Å². The highest BCUT2D eigenvalue weighted by molar-refractivity contribution is 5.98. The van der Waals surface area contributed by atoms with Crippen molar-refractivity contribution in [3.05, 3.63) is 48.3 Å². The molecule has 0 spiro atoms. The Kier molecular flexibility index (Phi) is 3.56. The van der Waals surface area contributed by atoms with Crippen LogP contribution in [0.15, 0.2) is 36.9 Å².